The van der Waals surface area contributed by atoms with Gasteiger partial charge in [0.05, 0.1) is 0 Å². The first-order chi connectivity index (χ1) is 6.54. The average molecular weight is 323 g/mol. The van der Waals surface area contributed by atoms with Crippen molar-refractivity contribution in [3.05, 3.63) is 0 Å². The van der Waals surface area contributed by atoms with Gasteiger partial charge in [-0.25, -0.2) is 0 Å². The summed E-state index contributed by atoms with van der Waals surface area (Å²) in [5.74, 6) is -1.89. The molecule has 0 heterocycles. The number of unbranched alkanes of at least 4 members (excludes halogenated alkanes) is 2. The molecule has 0 saturated carbocycles. The second-order valence-corrected chi connectivity index (χ2v) is 2.95. The fourth-order valence-corrected chi connectivity index (χ4v) is 0.642. The predicted molar refractivity (Wildman–Crippen MR) is 57.6 cm³/mol. The molecule has 0 aliphatic rings. The van der Waals surface area contributed by atoms with Crippen LogP contribution in [0.3, 0.4) is 0 Å². The monoisotopic (exact) mass is 324 g/mol. The van der Waals surface area contributed by atoms with Crippen molar-refractivity contribution in [1.29, 1.82) is 0 Å². The van der Waals surface area contributed by atoms with Crippen LogP contribution >= 0.6 is 0 Å². The first-order valence-electron chi connectivity index (χ1n) is 4.94. The molecule has 0 aliphatic heterocycles. The Labute approximate surface area is 108 Å². The second kappa shape index (κ2) is 16.2. The first-order valence-corrected chi connectivity index (χ1v) is 4.94. The molecule has 0 radical (unpaired) electrons. The summed E-state index contributed by atoms with van der Waals surface area (Å²) in [5.41, 5.74) is 0. The van der Waals surface area contributed by atoms with Crippen LogP contribution < -0.4 is 10.2 Å². The molecule has 0 fully saturated rings. The van der Waals surface area contributed by atoms with Crippen molar-refractivity contribution in [2.24, 2.45) is 0 Å². The second-order valence-electron chi connectivity index (χ2n) is 2.95. The summed E-state index contributed by atoms with van der Waals surface area (Å²) in [6, 6.07) is 0. The summed E-state index contributed by atoms with van der Waals surface area (Å²) in [7, 11) is 0. The molecule has 0 saturated heterocycles. The van der Waals surface area contributed by atoms with E-state index in [2.05, 4.69) is 0 Å². The van der Waals surface area contributed by atoms with Gasteiger partial charge in [0.2, 0.25) is 0 Å². The number of carbonyl (C=O) groups excluding carboxylic acids is 2. The molecule has 5 heteroatoms. The Morgan fingerprint density at radius 3 is 1.20 bits per heavy atom. The predicted octanol–water partition coefficient (Wildman–Crippen LogP) is -1.06. The summed E-state index contributed by atoms with van der Waals surface area (Å²) < 4.78 is 0. The Kier molecular flexibility index (Phi) is 21.8. The molecule has 0 aromatic rings. The first kappa shape index (κ1) is 20.2. The number of hydrogen-bond donors (Lipinski definition) is 0. The molecule has 0 aromatic carbocycles. The molecule has 4 nitrogen and oxygen atoms in total. The maximum atomic E-state index is 9.65. The molecule has 0 spiro atoms. The minimum absolute atomic E-state index is 0. The Hall–Kier alpha value is -0.261. The molecular formula is C10H20O4Sn. The van der Waals surface area contributed by atoms with E-state index in [1.807, 2.05) is 13.8 Å². The van der Waals surface area contributed by atoms with Gasteiger partial charge in [-0.3, -0.25) is 0 Å². The fraction of sp³-hybridized carbons (Fsp3) is 0.800. The van der Waals surface area contributed by atoms with E-state index in [9.17, 15) is 19.8 Å². The van der Waals surface area contributed by atoms with E-state index in [-0.39, 0.29) is 36.7 Å². The maximum absolute atomic E-state index is 9.65. The zero-order valence-corrected chi connectivity index (χ0v) is 13.6. The molecule has 0 N–H and O–H groups in total. The Balaban J connectivity index is -0.000000180. The van der Waals surface area contributed by atoms with Crippen molar-refractivity contribution < 1.29 is 19.8 Å². The number of hydrogen-bond acceptors (Lipinski definition) is 4. The number of carboxylic acid groups (broad SMARTS) is 2. The Morgan fingerprint density at radius 1 is 0.867 bits per heavy atom. The molecule has 0 atom stereocenters. The van der Waals surface area contributed by atoms with E-state index >= 15 is 0 Å². The molecule has 0 aromatic heterocycles. The van der Waals surface area contributed by atoms with Crippen LogP contribution in [-0.2, 0) is 9.59 Å². The van der Waals surface area contributed by atoms with Crippen molar-refractivity contribution >= 4 is 35.8 Å². The normalized spacial score (nSPS) is 8.13. The van der Waals surface area contributed by atoms with Crippen molar-refractivity contribution in [3.63, 3.8) is 0 Å². The summed E-state index contributed by atoms with van der Waals surface area (Å²) in [6.45, 7) is 3.89. The van der Waals surface area contributed by atoms with Crippen molar-refractivity contribution in [2.75, 3.05) is 0 Å². The van der Waals surface area contributed by atoms with E-state index in [1.165, 1.54) is 0 Å². The number of carbonyl (C=O) groups is 2. The van der Waals surface area contributed by atoms with Crippen LogP contribution in [-0.4, -0.2) is 35.8 Å². The van der Waals surface area contributed by atoms with E-state index in [4.69, 9.17) is 0 Å². The fourth-order valence-electron chi connectivity index (χ4n) is 0.642. The number of aliphatic carboxylic acids is 2. The van der Waals surface area contributed by atoms with Crippen molar-refractivity contribution in [3.8, 4) is 0 Å². The third kappa shape index (κ3) is 31.6. The van der Waals surface area contributed by atoms with Gasteiger partial charge in [-0.1, -0.05) is 26.7 Å². The van der Waals surface area contributed by atoms with Crippen LogP contribution in [0.5, 0.6) is 0 Å². The third-order valence-electron chi connectivity index (χ3n) is 1.47. The van der Waals surface area contributed by atoms with Crippen LogP contribution in [0.1, 0.15) is 52.4 Å². The summed E-state index contributed by atoms with van der Waals surface area (Å²) in [6.07, 6.45) is 3.74. The zero-order valence-electron chi connectivity index (χ0n) is 9.58. The Morgan fingerprint density at radius 2 is 1.13 bits per heavy atom. The molecular weight excluding hydrogens is 303 g/mol. The van der Waals surface area contributed by atoms with Crippen LogP contribution in [0, 0.1) is 0 Å². The van der Waals surface area contributed by atoms with Crippen molar-refractivity contribution in [2.45, 2.75) is 52.4 Å². The topological polar surface area (TPSA) is 80.3 Å². The van der Waals surface area contributed by atoms with Crippen LogP contribution in [0.2, 0.25) is 0 Å². The van der Waals surface area contributed by atoms with Crippen LogP contribution in [0.25, 0.3) is 0 Å². The van der Waals surface area contributed by atoms with Gasteiger partial charge in [-0.15, -0.1) is 0 Å². The van der Waals surface area contributed by atoms with Crippen molar-refractivity contribution in [1.82, 2.24) is 0 Å². The third-order valence-corrected chi connectivity index (χ3v) is 1.47. The molecule has 0 bridgehead atoms. The molecule has 88 valence electrons. The minimum atomic E-state index is -0.943. The van der Waals surface area contributed by atoms with E-state index < -0.39 is 11.9 Å². The van der Waals surface area contributed by atoms with Gasteiger partial charge in [-0.05, 0) is 25.7 Å². The number of carboxylic acids is 2. The molecule has 0 rings (SSSR count). The van der Waals surface area contributed by atoms with Gasteiger partial charge in [-0.2, -0.15) is 0 Å². The quantitative estimate of drug-likeness (QED) is 0.584. The SMILES string of the molecule is CCCCC(=O)[O-].CCCCC(=O)[O-].[SnH2+2]. The van der Waals surface area contributed by atoms with E-state index in [1.54, 1.807) is 0 Å². The van der Waals surface area contributed by atoms with Gasteiger partial charge in [0.1, 0.15) is 0 Å². The van der Waals surface area contributed by atoms with Gasteiger partial charge in [0, 0.05) is 11.9 Å². The van der Waals surface area contributed by atoms with Crippen LogP contribution in [0.4, 0.5) is 0 Å². The van der Waals surface area contributed by atoms with Crippen LogP contribution in [0.15, 0.2) is 0 Å². The van der Waals surface area contributed by atoms with Gasteiger partial charge in [0.25, 0.3) is 0 Å². The summed E-state index contributed by atoms with van der Waals surface area (Å²) >= 11 is 0. The molecule has 15 heavy (non-hydrogen) atoms. The summed E-state index contributed by atoms with van der Waals surface area (Å²) in [5, 5.41) is 19.3. The molecule has 0 aliphatic carbocycles. The zero-order chi connectivity index (χ0) is 11.4. The average Bonchev–Trinajstić information content (AvgIpc) is 2.12. The molecule has 0 amide bonds. The van der Waals surface area contributed by atoms with Gasteiger partial charge in [0.15, 0.2) is 0 Å². The standard InChI is InChI=1S/2C5H10O2.Sn.2H/c2*1-2-3-4-5(6)7;;;/h2*2-4H2,1H3,(H,6,7);;;/q;;+2;;/p-2. The van der Waals surface area contributed by atoms with Gasteiger partial charge >= 0.3 is 23.9 Å². The molecule has 0 unspecified atom stereocenters. The number of rotatable bonds is 6. The van der Waals surface area contributed by atoms with E-state index in [0.717, 1.165) is 25.7 Å². The Bertz CT molecular complexity index is 142. The van der Waals surface area contributed by atoms with Gasteiger partial charge < -0.3 is 19.8 Å². The summed E-state index contributed by atoms with van der Waals surface area (Å²) in [4.78, 5) is 19.3. The van der Waals surface area contributed by atoms with E-state index in [0.29, 0.717) is 0 Å².